The molecule has 0 aliphatic heterocycles. The van der Waals surface area contributed by atoms with Gasteiger partial charge in [-0.2, -0.15) is 0 Å². The van der Waals surface area contributed by atoms with Crippen molar-refractivity contribution in [3.8, 4) is 0 Å². The second-order valence-corrected chi connectivity index (χ2v) is 23.7. The number of rotatable bonds is 4. The summed E-state index contributed by atoms with van der Waals surface area (Å²) < 4.78 is 15.4. The SMILES string of the molecule is C[C@@H]1[C@@H](O[Si](C)(C)C(C)(C)C)[C@H]2[C@H](C=C(Br)[C@H]3C(O)C=C[C@H]23)[C@H]1O[Si](C)(C)C(C)(C)C. The summed E-state index contributed by atoms with van der Waals surface area (Å²) >= 11 is 3.84. The van der Waals surface area contributed by atoms with Crippen molar-refractivity contribution in [3.63, 3.8) is 0 Å². The van der Waals surface area contributed by atoms with Crippen molar-refractivity contribution in [2.24, 2.45) is 29.6 Å². The van der Waals surface area contributed by atoms with Gasteiger partial charge in [-0.3, -0.25) is 0 Å². The summed E-state index contributed by atoms with van der Waals surface area (Å²) in [5, 5.41) is 11.0. The predicted molar refractivity (Wildman–Crippen MR) is 139 cm³/mol. The van der Waals surface area contributed by atoms with Gasteiger partial charge in [0, 0.05) is 17.8 Å². The first kappa shape index (κ1) is 25.9. The van der Waals surface area contributed by atoms with Crippen molar-refractivity contribution < 1.29 is 14.0 Å². The number of aliphatic hydroxyl groups is 1. The molecule has 0 aromatic rings. The molecule has 0 aromatic heterocycles. The van der Waals surface area contributed by atoms with Crippen LogP contribution < -0.4 is 0 Å². The van der Waals surface area contributed by atoms with Crippen molar-refractivity contribution in [2.45, 2.75) is 103 Å². The molecule has 3 aliphatic carbocycles. The predicted octanol–water partition coefficient (Wildman–Crippen LogP) is 7.10. The molecule has 3 aliphatic rings. The second kappa shape index (κ2) is 8.19. The fraction of sp³-hybridized carbons (Fsp3) is 0.840. The van der Waals surface area contributed by atoms with Crippen LogP contribution in [-0.2, 0) is 8.85 Å². The topological polar surface area (TPSA) is 38.7 Å². The summed E-state index contributed by atoms with van der Waals surface area (Å²) in [6, 6.07) is 0. The number of halogens is 1. The van der Waals surface area contributed by atoms with E-state index in [1.807, 2.05) is 6.08 Å². The molecule has 0 saturated heterocycles. The van der Waals surface area contributed by atoms with Crippen LogP contribution >= 0.6 is 15.9 Å². The smallest absolute Gasteiger partial charge is 0.192 e. The number of aliphatic hydroxyl groups excluding tert-OH is 1. The van der Waals surface area contributed by atoms with E-state index in [-0.39, 0.29) is 28.2 Å². The van der Waals surface area contributed by atoms with Crippen molar-refractivity contribution in [3.05, 3.63) is 22.7 Å². The third kappa shape index (κ3) is 4.51. The Balaban J connectivity index is 2.03. The van der Waals surface area contributed by atoms with E-state index in [0.717, 1.165) is 4.48 Å². The Bertz CT molecular complexity index is 747. The highest BCUT2D eigenvalue weighted by atomic mass is 79.9. The lowest BCUT2D eigenvalue weighted by molar-refractivity contribution is 0.0513. The minimum absolute atomic E-state index is 0.116. The van der Waals surface area contributed by atoms with Crippen LogP contribution in [0.2, 0.25) is 36.3 Å². The van der Waals surface area contributed by atoms with Gasteiger partial charge in [-0.1, -0.05) is 82.6 Å². The van der Waals surface area contributed by atoms with Crippen LogP contribution in [0.15, 0.2) is 22.7 Å². The van der Waals surface area contributed by atoms with Gasteiger partial charge in [0.2, 0.25) is 0 Å². The second-order valence-electron chi connectivity index (χ2n) is 13.2. The van der Waals surface area contributed by atoms with Crippen molar-refractivity contribution in [1.29, 1.82) is 0 Å². The fourth-order valence-corrected chi connectivity index (χ4v) is 8.83. The minimum Gasteiger partial charge on any atom is -0.413 e. The van der Waals surface area contributed by atoms with E-state index in [1.165, 1.54) is 0 Å². The van der Waals surface area contributed by atoms with Gasteiger partial charge < -0.3 is 14.0 Å². The molecule has 6 heteroatoms. The summed E-state index contributed by atoms with van der Waals surface area (Å²) in [6.07, 6.45) is 6.50. The van der Waals surface area contributed by atoms with Crippen LogP contribution in [0, 0.1) is 29.6 Å². The first-order valence-electron chi connectivity index (χ1n) is 12.0. The van der Waals surface area contributed by atoms with Gasteiger partial charge in [0.1, 0.15) is 0 Å². The third-order valence-electron chi connectivity index (χ3n) is 9.14. The molecular formula is C25H45BrO3Si2. The monoisotopic (exact) mass is 528 g/mol. The molecule has 178 valence electrons. The molecule has 1 saturated carbocycles. The van der Waals surface area contributed by atoms with Crippen molar-refractivity contribution in [2.75, 3.05) is 0 Å². The van der Waals surface area contributed by atoms with Gasteiger partial charge in [-0.05, 0) is 52.6 Å². The zero-order chi connectivity index (χ0) is 23.7. The third-order valence-corrected chi connectivity index (χ3v) is 18.9. The highest BCUT2D eigenvalue weighted by Gasteiger charge is 2.59. The zero-order valence-corrected chi connectivity index (χ0v) is 25.1. The number of hydrogen-bond acceptors (Lipinski definition) is 3. The lowest BCUT2D eigenvalue weighted by Crippen LogP contribution is -2.48. The molecule has 0 heterocycles. The van der Waals surface area contributed by atoms with Crippen LogP contribution in [0.4, 0.5) is 0 Å². The molecule has 0 spiro atoms. The first-order valence-corrected chi connectivity index (χ1v) is 18.6. The molecule has 1 unspecified atom stereocenters. The van der Waals surface area contributed by atoms with Crippen molar-refractivity contribution >= 4 is 32.6 Å². The van der Waals surface area contributed by atoms with E-state index in [0.29, 0.717) is 23.7 Å². The average Bonchev–Trinajstić information content (AvgIpc) is 3.07. The Morgan fingerprint density at radius 1 is 0.839 bits per heavy atom. The maximum Gasteiger partial charge on any atom is 0.192 e. The van der Waals surface area contributed by atoms with Gasteiger partial charge in [0.15, 0.2) is 16.6 Å². The van der Waals surface area contributed by atoms with E-state index in [1.54, 1.807) is 0 Å². The molecule has 0 radical (unpaired) electrons. The van der Waals surface area contributed by atoms with Crippen LogP contribution in [0.25, 0.3) is 0 Å². The summed E-state index contributed by atoms with van der Waals surface area (Å²) in [5.74, 6) is 1.39. The highest BCUT2D eigenvalue weighted by molar-refractivity contribution is 9.11. The molecule has 8 atom stereocenters. The number of hydrogen-bond donors (Lipinski definition) is 1. The van der Waals surface area contributed by atoms with E-state index < -0.39 is 22.7 Å². The van der Waals surface area contributed by atoms with Crippen LogP contribution in [0.3, 0.4) is 0 Å². The van der Waals surface area contributed by atoms with E-state index in [2.05, 4.69) is 103 Å². The van der Waals surface area contributed by atoms with Gasteiger partial charge in [-0.25, -0.2) is 0 Å². The van der Waals surface area contributed by atoms with Crippen LogP contribution in [0.5, 0.6) is 0 Å². The van der Waals surface area contributed by atoms with Gasteiger partial charge in [0.25, 0.3) is 0 Å². The van der Waals surface area contributed by atoms with Crippen LogP contribution in [-0.4, -0.2) is 40.1 Å². The Morgan fingerprint density at radius 2 is 1.32 bits per heavy atom. The lowest BCUT2D eigenvalue weighted by atomic mass is 9.72. The summed E-state index contributed by atoms with van der Waals surface area (Å²) in [6.45, 7) is 25.7. The van der Waals surface area contributed by atoms with E-state index >= 15 is 0 Å². The first-order chi connectivity index (χ1) is 13.9. The quantitative estimate of drug-likeness (QED) is 0.312. The summed E-state index contributed by atoms with van der Waals surface area (Å²) in [7, 11) is -3.89. The van der Waals surface area contributed by atoms with Gasteiger partial charge in [0.05, 0.1) is 18.3 Å². The normalized spacial score (nSPS) is 38.8. The molecule has 0 amide bonds. The van der Waals surface area contributed by atoms with Crippen LogP contribution in [0.1, 0.15) is 48.5 Å². The molecule has 3 nitrogen and oxygen atoms in total. The standard InChI is InChI=1S/C25H45BrO3Si2/c1-15-22(28-30(8,9)24(2,3)4)17-14-18(26)21-16(12-13-19(21)27)20(17)23(15)29-31(10,11)25(5,6)7/h12-17,19-23,27H,1-11H3/t15-,16+,17-,19?,20+,21-,22-,23+/m0/s1. The number of allylic oxidation sites excluding steroid dienone is 1. The zero-order valence-electron chi connectivity index (χ0n) is 21.5. The molecule has 1 fully saturated rings. The highest BCUT2D eigenvalue weighted by Crippen LogP contribution is 2.57. The van der Waals surface area contributed by atoms with E-state index in [4.69, 9.17) is 8.85 Å². The van der Waals surface area contributed by atoms with Gasteiger partial charge in [-0.15, -0.1) is 0 Å². The Labute approximate surface area is 201 Å². The minimum atomic E-state index is -1.95. The number of fused-ring (bicyclic) bond motifs is 3. The van der Waals surface area contributed by atoms with E-state index in [9.17, 15) is 5.11 Å². The Hall–Kier alpha value is 0.274. The molecule has 1 N–H and O–H groups in total. The maximum absolute atomic E-state index is 10.7. The summed E-state index contributed by atoms with van der Waals surface area (Å²) in [5.41, 5.74) is 0. The molecule has 0 bridgehead atoms. The van der Waals surface area contributed by atoms with Crippen molar-refractivity contribution in [1.82, 2.24) is 0 Å². The molecule has 0 aromatic carbocycles. The molecule has 3 rings (SSSR count). The maximum atomic E-state index is 10.7. The molecular weight excluding hydrogens is 484 g/mol. The largest absolute Gasteiger partial charge is 0.413 e. The average molecular weight is 530 g/mol. The Kier molecular flexibility index (Phi) is 6.84. The summed E-state index contributed by atoms with van der Waals surface area (Å²) in [4.78, 5) is 0. The lowest BCUT2D eigenvalue weighted by Gasteiger charge is -2.44. The Morgan fingerprint density at radius 3 is 1.81 bits per heavy atom. The van der Waals surface area contributed by atoms with Gasteiger partial charge >= 0.3 is 0 Å². The molecule has 31 heavy (non-hydrogen) atoms. The fourth-order valence-electron chi connectivity index (χ4n) is 5.13.